The highest BCUT2D eigenvalue weighted by Gasteiger charge is 2.20. The van der Waals surface area contributed by atoms with Crippen LogP contribution in [-0.4, -0.2) is 69.2 Å². The summed E-state index contributed by atoms with van der Waals surface area (Å²) in [4.78, 5) is 30.0. The number of aromatic nitrogens is 5. The summed E-state index contributed by atoms with van der Waals surface area (Å²) < 4.78 is 0. The molecule has 0 atom stereocenters. The molecule has 1 fully saturated rings. The fourth-order valence-corrected chi connectivity index (χ4v) is 5.49. The van der Waals surface area contributed by atoms with E-state index in [9.17, 15) is 4.79 Å². The van der Waals surface area contributed by atoms with Gasteiger partial charge in [0, 0.05) is 54.9 Å². The Labute approximate surface area is 237 Å². The largest absolute Gasteiger partial charge is 0.353 e. The topological polar surface area (TPSA) is 106 Å². The standard InChI is InChI=1S/C32H30N8O/c1-39-11-13-40(14-12-39)32-26-18-29(36-27(26)9-10-34-32)31-25-17-22(7-8-28(25)37-38-31)23-16-24(20-33-19-23)35-30(41)15-21-5-3-2-4-6-21/h2-10,16-20,36H,11-15H2,1H3,(H,35,41)(H,37,38). The molecule has 6 aromatic rings. The Kier molecular flexibility index (Phi) is 6.41. The molecule has 3 N–H and O–H groups in total. The molecule has 0 bridgehead atoms. The minimum atomic E-state index is -0.0769. The maximum atomic E-state index is 12.6. The maximum Gasteiger partial charge on any atom is 0.228 e. The molecule has 1 aliphatic rings. The highest BCUT2D eigenvalue weighted by Crippen LogP contribution is 2.34. The minimum Gasteiger partial charge on any atom is -0.353 e. The summed E-state index contributed by atoms with van der Waals surface area (Å²) in [6.07, 6.45) is 5.66. The van der Waals surface area contributed by atoms with Gasteiger partial charge in [-0.3, -0.25) is 14.9 Å². The zero-order valence-electron chi connectivity index (χ0n) is 22.8. The molecule has 2 aromatic carbocycles. The Bertz CT molecular complexity index is 1850. The number of piperazine rings is 1. The van der Waals surface area contributed by atoms with Crippen molar-refractivity contribution in [2.24, 2.45) is 0 Å². The molecule has 0 radical (unpaired) electrons. The zero-order valence-corrected chi connectivity index (χ0v) is 22.8. The number of nitrogens with one attached hydrogen (secondary N) is 3. The molecule has 0 unspecified atom stereocenters. The van der Waals surface area contributed by atoms with Crippen LogP contribution in [-0.2, 0) is 11.2 Å². The van der Waals surface area contributed by atoms with Gasteiger partial charge in [0.15, 0.2) is 0 Å². The number of hydrogen-bond donors (Lipinski definition) is 3. The number of aromatic amines is 2. The summed E-state index contributed by atoms with van der Waals surface area (Å²) in [6, 6.07) is 22.0. The first-order valence-corrected chi connectivity index (χ1v) is 13.8. The van der Waals surface area contributed by atoms with Crippen LogP contribution in [0.3, 0.4) is 0 Å². The van der Waals surface area contributed by atoms with E-state index in [1.807, 2.05) is 67.0 Å². The molecule has 0 spiro atoms. The van der Waals surface area contributed by atoms with Gasteiger partial charge in [-0.1, -0.05) is 36.4 Å². The predicted molar refractivity (Wildman–Crippen MR) is 163 cm³/mol. The van der Waals surface area contributed by atoms with Gasteiger partial charge in [-0.15, -0.1) is 0 Å². The third-order valence-electron chi connectivity index (χ3n) is 7.71. The second-order valence-corrected chi connectivity index (χ2v) is 10.6. The molecule has 9 heteroatoms. The molecule has 1 amide bonds. The molecule has 9 nitrogen and oxygen atoms in total. The normalized spacial score (nSPS) is 14.1. The summed E-state index contributed by atoms with van der Waals surface area (Å²) in [7, 11) is 2.16. The third kappa shape index (κ3) is 5.03. The lowest BCUT2D eigenvalue weighted by Crippen LogP contribution is -2.44. The van der Waals surface area contributed by atoms with Gasteiger partial charge in [0.2, 0.25) is 5.91 Å². The van der Waals surface area contributed by atoms with E-state index in [0.717, 1.165) is 81.9 Å². The van der Waals surface area contributed by atoms with Crippen molar-refractivity contribution in [3.8, 4) is 22.5 Å². The van der Waals surface area contributed by atoms with Crippen LogP contribution in [0.1, 0.15) is 5.56 Å². The molecule has 7 rings (SSSR count). The number of amides is 1. The average Bonchev–Trinajstić information content (AvgIpc) is 3.62. The number of pyridine rings is 2. The summed E-state index contributed by atoms with van der Waals surface area (Å²) in [5, 5.41) is 12.9. The second kappa shape index (κ2) is 10.5. The van der Waals surface area contributed by atoms with Crippen LogP contribution in [0.2, 0.25) is 0 Å². The van der Waals surface area contributed by atoms with Crippen molar-refractivity contribution in [3.63, 3.8) is 0 Å². The van der Waals surface area contributed by atoms with Gasteiger partial charge < -0.3 is 20.1 Å². The first-order chi connectivity index (χ1) is 20.1. The second-order valence-electron chi connectivity index (χ2n) is 10.6. The molecular formula is C32H30N8O. The van der Waals surface area contributed by atoms with E-state index in [-0.39, 0.29) is 5.91 Å². The quantitative estimate of drug-likeness (QED) is 0.270. The van der Waals surface area contributed by atoms with E-state index >= 15 is 0 Å². The Morgan fingerprint density at radius 3 is 2.61 bits per heavy atom. The third-order valence-corrected chi connectivity index (χ3v) is 7.71. The van der Waals surface area contributed by atoms with Crippen LogP contribution >= 0.6 is 0 Å². The lowest BCUT2D eigenvalue weighted by atomic mass is 10.0. The van der Waals surface area contributed by atoms with Gasteiger partial charge in [0.25, 0.3) is 0 Å². The van der Waals surface area contributed by atoms with Crippen LogP contribution in [0.15, 0.2) is 85.3 Å². The summed E-state index contributed by atoms with van der Waals surface area (Å²) in [6.45, 7) is 3.96. The highest BCUT2D eigenvalue weighted by molar-refractivity contribution is 6.00. The fraction of sp³-hybridized carbons (Fsp3) is 0.188. The van der Waals surface area contributed by atoms with Gasteiger partial charge in [-0.25, -0.2) is 4.98 Å². The molecule has 41 heavy (non-hydrogen) atoms. The molecule has 0 aliphatic carbocycles. The van der Waals surface area contributed by atoms with Gasteiger partial charge in [-0.2, -0.15) is 5.10 Å². The first kappa shape index (κ1) is 25.0. The van der Waals surface area contributed by atoms with Gasteiger partial charge in [0.1, 0.15) is 11.5 Å². The number of hydrogen-bond acceptors (Lipinski definition) is 6. The number of benzene rings is 2. The van der Waals surface area contributed by atoms with E-state index in [4.69, 9.17) is 4.98 Å². The zero-order chi connectivity index (χ0) is 27.8. The van der Waals surface area contributed by atoms with Crippen LogP contribution < -0.4 is 10.2 Å². The first-order valence-electron chi connectivity index (χ1n) is 13.8. The van der Waals surface area contributed by atoms with Crippen molar-refractivity contribution in [1.29, 1.82) is 0 Å². The average molecular weight is 543 g/mol. The monoisotopic (exact) mass is 542 g/mol. The minimum absolute atomic E-state index is 0.0769. The Hall–Kier alpha value is -5.02. The number of nitrogens with zero attached hydrogens (tertiary/aromatic N) is 5. The van der Waals surface area contributed by atoms with E-state index in [1.165, 1.54) is 0 Å². The van der Waals surface area contributed by atoms with Crippen molar-refractivity contribution in [2.75, 3.05) is 43.4 Å². The lowest BCUT2D eigenvalue weighted by molar-refractivity contribution is -0.115. The summed E-state index contributed by atoms with van der Waals surface area (Å²) >= 11 is 0. The number of fused-ring (bicyclic) bond motifs is 2. The highest BCUT2D eigenvalue weighted by atomic mass is 16.1. The molecule has 1 saturated heterocycles. The number of carbonyl (C=O) groups excluding carboxylic acids is 1. The number of anilines is 2. The van der Waals surface area contributed by atoms with Crippen molar-refractivity contribution >= 4 is 39.2 Å². The summed E-state index contributed by atoms with van der Waals surface area (Å²) in [5.74, 6) is 0.933. The van der Waals surface area contributed by atoms with E-state index in [1.54, 1.807) is 6.20 Å². The number of rotatable bonds is 6. The molecule has 4 aromatic heterocycles. The molecule has 1 aliphatic heterocycles. The van der Waals surface area contributed by atoms with Gasteiger partial charge >= 0.3 is 0 Å². The number of H-pyrrole nitrogens is 2. The van der Waals surface area contributed by atoms with Crippen molar-refractivity contribution in [1.82, 2.24) is 30.0 Å². The number of likely N-dealkylation sites (N-methyl/N-ethyl adjacent to an activating group) is 1. The van der Waals surface area contributed by atoms with Crippen molar-refractivity contribution in [2.45, 2.75) is 6.42 Å². The molecule has 5 heterocycles. The lowest BCUT2D eigenvalue weighted by Gasteiger charge is -2.33. The Morgan fingerprint density at radius 2 is 1.76 bits per heavy atom. The molecule has 204 valence electrons. The van der Waals surface area contributed by atoms with E-state index in [0.29, 0.717) is 12.1 Å². The van der Waals surface area contributed by atoms with Crippen LogP contribution in [0.4, 0.5) is 11.5 Å². The van der Waals surface area contributed by atoms with E-state index < -0.39 is 0 Å². The summed E-state index contributed by atoms with van der Waals surface area (Å²) in [5.41, 5.74) is 7.30. The van der Waals surface area contributed by atoms with Gasteiger partial charge in [-0.05, 0) is 48.5 Å². The molecule has 0 saturated carbocycles. The van der Waals surface area contributed by atoms with Gasteiger partial charge in [0.05, 0.1) is 35.0 Å². The maximum absolute atomic E-state index is 12.6. The molecular weight excluding hydrogens is 512 g/mol. The van der Waals surface area contributed by atoms with Crippen molar-refractivity contribution < 1.29 is 4.79 Å². The predicted octanol–water partition coefficient (Wildman–Crippen LogP) is 5.10. The fourth-order valence-electron chi connectivity index (χ4n) is 5.49. The Balaban J connectivity index is 1.18. The van der Waals surface area contributed by atoms with Crippen molar-refractivity contribution in [3.05, 3.63) is 90.9 Å². The van der Waals surface area contributed by atoms with Crippen LogP contribution in [0.5, 0.6) is 0 Å². The number of carbonyl (C=O) groups is 1. The van der Waals surface area contributed by atoms with E-state index in [2.05, 4.69) is 54.5 Å². The smallest absolute Gasteiger partial charge is 0.228 e. The van der Waals surface area contributed by atoms with Crippen LogP contribution in [0.25, 0.3) is 44.3 Å². The Morgan fingerprint density at radius 1 is 0.902 bits per heavy atom. The van der Waals surface area contributed by atoms with Crippen LogP contribution in [0, 0.1) is 0 Å². The SMILES string of the molecule is CN1CCN(c2nccc3[nH]c(-c4n[nH]c5ccc(-c6cncc(NC(=O)Cc7ccccc7)c6)cc45)cc23)CC1.